The van der Waals surface area contributed by atoms with Crippen LogP contribution in [0.1, 0.15) is 11.1 Å². The van der Waals surface area contributed by atoms with Crippen LogP contribution in [0.15, 0.2) is 46.9 Å². The lowest BCUT2D eigenvalue weighted by atomic mass is 10.1. The maximum Gasteiger partial charge on any atom is 0.0464 e. The lowest BCUT2D eigenvalue weighted by Gasteiger charge is -2.12. The molecule has 92 valence electrons. The van der Waals surface area contributed by atoms with Gasteiger partial charge in [-0.15, -0.1) is 0 Å². The highest BCUT2D eigenvalue weighted by Gasteiger charge is 2.05. The van der Waals surface area contributed by atoms with Crippen LogP contribution in [0.25, 0.3) is 0 Å². The maximum atomic E-state index is 7.42. The van der Waals surface area contributed by atoms with Gasteiger partial charge in [0.1, 0.15) is 0 Å². The Kier molecular flexibility index (Phi) is 3.99. The van der Waals surface area contributed by atoms with Crippen molar-refractivity contribution in [3.8, 4) is 0 Å². The predicted molar refractivity (Wildman–Crippen MR) is 80.2 cm³/mol. The molecule has 0 aromatic heterocycles. The highest BCUT2D eigenvalue weighted by Crippen LogP contribution is 2.26. The largest absolute Gasteiger partial charge is 0.398 e. The van der Waals surface area contributed by atoms with Gasteiger partial charge in [-0.25, -0.2) is 0 Å². The molecule has 0 aliphatic rings. The highest BCUT2D eigenvalue weighted by molar-refractivity contribution is 9.10. The number of nitrogens with two attached hydrogens (primary N) is 1. The smallest absolute Gasteiger partial charge is 0.0464 e. The maximum absolute atomic E-state index is 7.42. The molecule has 0 aliphatic carbocycles. The molecule has 0 radical (unpaired) electrons. The second kappa shape index (κ2) is 5.69. The molecular weight excluding hydrogens is 290 g/mol. The number of hydrogen-bond acceptors (Lipinski definition) is 3. The second-order valence-electron chi connectivity index (χ2n) is 3.94. The van der Waals surface area contributed by atoms with E-state index in [1.54, 1.807) is 6.07 Å². The molecule has 3 nitrogen and oxygen atoms in total. The fourth-order valence-electron chi connectivity index (χ4n) is 1.74. The van der Waals surface area contributed by atoms with E-state index in [2.05, 4.69) is 33.4 Å². The lowest BCUT2D eigenvalue weighted by molar-refractivity contribution is 1.15. The summed E-state index contributed by atoms with van der Waals surface area (Å²) >= 11 is 3.41. The van der Waals surface area contributed by atoms with Crippen molar-refractivity contribution in [1.82, 2.24) is 0 Å². The quantitative estimate of drug-likeness (QED) is 0.596. The molecule has 4 N–H and O–H groups in total. The van der Waals surface area contributed by atoms with Crippen molar-refractivity contribution in [1.29, 1.82) is 5.41 Å². The molecule has 0 saturated heterocycles. The number of nitrogen functional groups attached to an aromatic ring is 1. The van der Waals surface area contributed by atoms with Gasteiger partial charge in [0.2, 0.25) is 0 Å². The SMILES string of the molecule is N=Cc1c(N)cc(Br)cc1NCc1ccccc1. The van der Waals surface area contributed by atoms with Crippen molar-refractivity contribution in [2.45, 2.75) is 6.54 Å². The van der Waals surface area contributed by atoms with Gasteiger partial charge in [0.15, 0.2) is 0 Å². The molecule has 0 amide bonds. The molecule has 0 heterocycles. The molecule has 0 atom stereocenters. The molecular formula is C14H14BrN3. The zero-order valence-corrected chi connectivity index (χ0v) is 11.4. The second-order valence-corrected chi connectivity index (χ2v) is 4.86. The van der Waals surface area contributed by atoms with Crippen LogP contribution in [0, 0.1) is 5.41 Å². The van der Waals surface area contributed by atoms with Gasteiger partial charge in [-0.05, 0) is 17.7 Å². The van der Waals surface area contributed by atoms with Crippen LogP contribution >= 0.6 is 15.9 Å². The van der Waals surface area contributed by atoms with Gasteiger partial charge in [0.25, 0.3) is 0 Å². The van der Waals surface area contributed by atoms with Crippen molar-refractivity contribution < 1.29 is 0 Å². The van der Waals surface area contributed by atoms with E-state index in [0.717, 1.165) is 10.2 Å². The molecule has 0 fully saturated rings. The van der Waals surface area contributed by atoms with E-state index in [1.165, 1.54) is 11.8 Å². The van der Waals surface area contributed by atoms with Crippen LogP contribution in [0.4, 0.5) is 11.4 Å². The number of nitrogens with one attached hydrogen (secondary N) is 2. The Labute approximate surface area is 115 Å². The van der Waals surface area contributed by atoms with E-state index in [9.17, 15) is 0 Å². The van der Waals surface area contributed by atoms with E-state index < -0.39 is 0 Å². The summed E-state index contributed by atoms with van der Waals surface area (Å²) in [5.74, 6) is 0. The number of hydrogen-bond donors (Lipinski definition) is 3. The summed E-state index contributed by atoms with van der Waals surface area (Å²) in [5.41, 5.74) is 9.24. The van der Waals surface area contributed by atoms with Crippen molar-refractivity contribution in [3.63, 3.8) is 0 Å². The number of halogens is 1. The Morgan fingerprint density at radius 2 is 1.94 bits per heavy atom. The molecule has 0 saturated carbocycles. The Morgan fingerprint density at radius 1 is 1.22 bits per heavy atom. The van der Waals surface area contributed by atoms with E-state index >= 15 is 0 Å². The Hall–Kier alpha value is -1.81. The molecule has 2 rings (SSSR count). The van der Waals surface area contributed by atoms with Gasteiger partial charge in [0, 0.05) is 34.2 Å². The predicted octanol–water partition coefficient (Wildman–Crippen LogP) is 3.64. The molecule has 18 heavy (non-hydrogen) atoms. The van der Waals surface area contributed by atoms with Gasteiger partial charge in [-0.3, -0.25) is 0 Å². The van der Waals surface area contributed by atoms with Crippen LogP contribution in [-0.4, -0.2) is 6.21 Å². The van der Waals surface area contributed by atoms with Crippen LogP contribution in [0.5, 0.6) is 0 Å². The minimum atomic E-state index is 0.593. The van der Waals surface area contributed by atoms with E-state index in [0.29, 0.717) is 17.8 Å². The summed E-state index contributed by atoms with van der Waals surface area (Å²) in [6.07, 6.45) is 1.27. The topological polar surface area (TPSA) is 61.9 Å². The first-order valence-corrected chi connectivity index (χ1v) is 6.37. The number of benzene rings is 2. The molecule has 4 heteroatoms. The third kappa shape index (κ3) is 2.90. The summed E-state index contributed by atoms with van der Waals surface area (Å²) < 4.78 is 0.904. The van der Waals surface area contributed by atoms with Gasteiger partial charge in [-0.1, -0.05) is 46.3 Å². The first-order chi connectivity index (χ1) is 8.70. The van der Waals surface area contributed by atoms with Crippen LogP contribution in [0.3, 0.4) is 0 Å². The Balaban J connectivity index is 2.21. The van der Waals surface area contributed by atoms with Crippen molar-refractivity contribution >= 4 is 33.5 Å². The average Bonchev–Trinajstić information content (AvgIpc) is 2.37. The van der Waals surface area contributed by atoms with E-state index in [1.807, 2.05) is 24.3 Å². The monoisotopic (exact) mass is 303 g/mol. The number of anilines is 2. The normalized spacial score (nSPS) is 10.1. The van der Waals surface area contributed by atoms with Gasteiger partial charge in [0.05, 0.1) is 0 Å². The first-order valence-electron chi connectivity index (χ1n) is 5.58. The number of rotatable bonds is 4. The molecule has 2 aromatic rings. The molecule has 0 aliphatic heterocycles. The molecule has 0 unspecified atom stereocenters. The van der Waals surface area contributed by atoms with Gasteiger partial charge >= 0.3 is 0 Å². The third-order valence-corrected chi connectivity index (χ3v) is 3.10. The van der Waals surface area contributed by atoms with Crippen LogP contribution in [-0.2, 0) is 6.54 Å². The zero-order valence-electron chi connectivity index (χ0n) is 9.78. The Morgan fingerprint density at radius 3 is 2.61 bits per heavy atom. The minimum Gasteiger partial charge on any atom is -0.398 e. The summed E-state index contributed by atoms with van der Waals surface area (Å²) in [5, 5.41) is 10.7. The Bertz CT molecular complexity index is 552. The standard InChI is InChI=1S/C14H14BrN3/c15-11-6-13(17)12(8-16)14(7-11)18-9-10-4-2-1-3-5-10/h1-8,16,18H,9,17H2. The summed E-state index contributed by atoms with van der Waals surface area (Å²) in [6, 6.07) is 13.8. The first kappa shape index (κ1) is 12.6. The van der Waals surface area contributed by atoms with Gasteiger partial charge in [-0.2, -0.15) is 0 Å². The molecule has 0 bridgehead atoms. The summed E-state index contributed by atoms with van der Waals surface area (Å²) in [7, 11) is 0. The molecule has 0 spiro atoms. The summed E-state index contributed by atoms with van der Waals surface area (Å²) in [4.78, 5) is 0. The average molecular weight is 304 g/mol. The van der Waals surface area contributed by atoms with Crippen LogP contribution in [0.2, 0.25) is 0 Å². The van der Waals surface area contributed by atoms with E-state index in [-0.39, 0.29) is 0 Å². The fourth-order valence-corrected chi connectivity index (χ4v) is 2.22. The zero-order chi connectivity index (χ0) is 13.0. The van der Waals surface area contributed by atoms with Crippen molar-refractivity contribution in [2.24, 2.45) is 0 Å². The van der Waals surface area contributed by atoms with Crippen molar-refractivity contribution in [2.75, 3.05) is 11.1 Å². The third-order valence-electron chi connectivity index (χ3n) is 2.65. The fraction of sp³-hybridized carbons (Fsp3) is 0.0714. The van der Waals surface area contributed by atoms with E-state index in [4.69, 9.17) is 11.1 Å². The highest BCUT2D eigenvalue weighted by atomic mass is 79.9. The van der Waals surface area contributed by atoms with Crippen LogP contribution < -0.4 is 11.1 Å². The minimum absolute atomic E-state index is 0.593. The molecule has 2 aromatic carbocycles. The summed E-state index contributed by atoms with van der Waals surface area (Å²) in [6.45, 7) is 0.706. The lowest BCUT2D eigenvalue weighted by Crippen LogP contribution is -2.04. The van der Waals surface area contributed by atoms with Crippen molar-refractivity contribution in [3.05, 3.63) is 58.1 Å². The van der Waals surface area contributed by atoms with Gasteiger partial charge < -0.3 is 16.5 Å².